The van der Waals surface area contributed by atoms with Crippen molar-refractivity contribution < 1.29 is 9.90 Å². The Labute approximate surface area is 162 Å². The zero-order valence-electron chi connectivity index (χ0n) is 15.1. The molecule has 0 aliphatic carbocycles. The summed E-state index contributed by atoms with van der Waals surface area (Å²) < 4.78 is 1.25. The molecule has 27 heavy (non-hydrogen) atoms. The first-order chi connectivity index (χ1) is 13.1. The van der Waals surface area contributed by atoms with Crippen LogP contribution in [0, 0.1) is 0 Å². The number of carbonyl (C=O) groups excluding carboxylic acids is 1. The van der Waals surface area contributed by atoms with Gasteiger partial charge in [-0.1, -0.05) is 60.7 Å². The first-order valence-electron chi connectivity index (χ1n) is 8.98. The lowest BCUT2D eigenvalue weighted by Gasteiger charge is -2.10. The van der Waals surface area contributed by atoms with Crippen molar-refractivity contribution in [1.82, 2.24) is 0 Å². The smallest absolute Gasteiger partial charge is 0.163 e. The highest BCUT2D eigenvalue weighted by Gasteiger charge is 2.17. The van der Waals surface area contributed by atoms with Gasteiger partial charge in [-0.15, -0.1) is 11.3 Å². The molecule has 1 aromatic heterocycles. The molecule has 0 fully saturated rings. The molecule has 1 heterocycles. The van der Waals surface area contributed by atoms with Gasteiger partial charge in [-0.25, -0.2) is 0 Å². The van der Waals surface area contributed by atoms with E-state index in [0.29, 0.717) is 12.0 Å². The molecule has 3 heteroatoms. The average Bonchev–Trinajstić information content (AvgIpc) is 3.01. The topological polar surface area (TPSA) is 37.3 Å². The summed E-state index contributed by atoms with van der Waals surface area (Å²) in [4.78, 5) is 13.1. The summed E-state index contributed by atoms with van der Waals surface area (Å²) in [5.41, 5.74) is 3.68. The minimum absolute atomic E-state index is 0.103. The van der Waals surface area contributed by atoms with Crippen LogP contribution in [-0.2, 0) is 12.8 Å². The van der Waals surface area contributed by atoms with E-state index in [1.165, 1.54) is 33.0 Å². The Morgan fingerprint density at radius 3 is 2.41 bits per heavy atom. The summed E-state index contributed by atoms with van der Waals surface area (Å²) in [5, 5.41) is 11.8. The first kappa shape index (κ1) is 17.5. The summed E-state index contributed by atoms with van der Waals surface area (Å²) in [6.07, 6.45) is 1.47. The Morgan fingerprint density at radius 1 is 0.889 bits per heavy atom. The second-order valence-electron chi connectivity index (χ2n) is 6.71. The molecule has 4 rings (SSSR count). The number of thiophene rings is 1. The van der Waals surface area contributed by atoms with Crippen molar-refractivity contribution in [1.29, 1.82) is 0 Å². The number of aromatic hydroxyl groups is 1. The number of ketones is 1. The van der Waals surface area contributed by atoms with Gasteiger partial charge in [0.2, 0.25) is 0 Å². The van der Waals surface area contributed by atoms with Gasteiger partial charge >= 0.3 is 0 Å². The Bertz CT molecular complexity index is 1110. The van der Waals surface area contributed by atoms with E-state index in [4.69, 9.17) is 0 Å². The predicted octanol–water partition coefficient (Wildman–Crippen LogP) is 5.99. The van der Waals surface area contributed by atoms with Crippen LogP contribution in [-0.4, -0.2) is 10.9 Å². The third kappa shape index (κ3) is 3.51. The van der Waals surface area contributed by atoms with Crippen LogP contribution < -0.4 is 0 Å². The van der Waals surface area contributed by atoms with Crippen molar-refractivity contribution in [3.8, 4) is 5.75 Å². The zero-order chi connectivity index (χ0) is 18.8. The van der Waals surface area contributed by atoms with Crippen molar-refractivity contribution in [3.63, 3.8) is 0 Å². The number of fused-ring (bicyclic) bond motifs is 1. The summed E-state index contributed by atoms with van der Waals surface area (Å²) in [7, 11) is 0. The van der Waals surface area contributed by atoms with Crippen LogP contribution in [0.25, 0.3) is 10.1 Å². The van der Waals surface area contributed by atoms with Crippen LogP contribution in [0.3, 0.4) is 0 Å². The normalized spacial score (nSPS) is 11.0. The monoisotopic (exact) mass is 372 g/mol. The van der Waals surface area contributed by atoms with E-state index in [2.05, 4.69) is 48.5 Å². The molecule has 0 unspecified atom stereocenters. The molecule has 1 N–H and O–H groups in total. The van der Waals surface area contributed by atoms with Crippen molar-refractivity contribution in [2.75, 3.05) is 0 Å². The Balaban J connectivity index is 1.80. The quantitative estimate of drug-likeness (QED) is 0.437. The molecular weight excluding hydrogens is 352 g/mol. The van der Waals surface area contributed by atoms with Crippen LogP contribution in [0.5, 0.6) is 5.75 Å². The number of phenolic OH excluding ortho intramolecular Hbond substituents is 1. The number of benzene rings is 3. The standard InChI is InChI=1S/C24H20O2S/c1-16(25)19-12-7-10-18(24(19)26)15-21-20-11-5-6-13-22(20)27-23(21)14-17-8-3-2-4-9-17/h2-13,26H,14-15H2,1H3. The fraction of sp³-hybridized carbons (Fsp3) is 0.125. The summed E-state index contributed by atoms with van der Waals surface area (Å²) in [6.45, 7) is 1.49. The second-order valence-corrected chi connectivity index (χ2v) is 7.85. The lowest BCUT2D eigenvalue weighted by atomic mass is 9.96. The van der Waals surface area contributed by atoms with Gasteiger partial charge in [0, 0.05) is 22.4 Å². The minimum atomic E-state index is -0.117. The molecule has 0 saturated heterocycles. The summed E-state index contributed by atoms with van der Waals surface area (Å²) in [6, 6.07) is 24.2. The number of para-hydroxylation sites is 1. The van der Waals surface area contributed by atoms with Crippen molar-refractivity contribution >= 4 is 27.2 Å². The van der Waals surface area contributed by atoms with E-state index in [1.807, 2.05) is 18.2 Å². The Kier molecular flexibility index (Phi) is 4.78. The molecular formula is C24H20O2S. The van der Waals surface area contributed by atoms with Crippen molar-refractivity contribution in [3.05, 3.63) is 99.9 Å². The number of phenols is 1. The largest absolute Gasteiger partial charge is 0.507 e. The minimum Gasteiger partial charge on any atom is -0.507 e. The lowest BCUT2D eigenvalue weighted by Crippen LogP contribution is -1.98. The highest BCUT2D eigenvalue weighted by Crippen LogP contribution is 2.36. The van der Waals surface area contributed by atoms with Crippen LogP contribution in [0.2, 0.25) is 0 Å². The third-order valence-corrected chi connectivity index (χ3v) is 6.07. The molecule has 0 radical (unpaired) electrons. The van der Waals surface area contributed by atoms with E-state index in [-0.39, 0.29) is 11.5 Å². The maximum absolute atomic E-state index is 11.8. The Hall–Kier alpha value is -2.91. The summed E-state index contributed by atoms with van der Waals surface area (Å²) in [5.74, 6) is -0.0139. The van der Waals surface area contributed by atoms with Gasteiger partial charge in [0.05, 0.1) is 5.56 Å². The fourth-order valence-electron chi connectivity index (χ4n) is 3.48. The highest BCUT2D eigenvalue weighted by atomic mass is 32.1. The average molecular weight is 372 g/mol. The molecule has 0 spiro atoms. The highest BCUT2D eigenvalue weighted by molar-refractivity contribution is 7.19. The van der Waals surface area contributed by atoms with Gasteiger partial charge in [0.25, 0.3) is 0 Å². The van der Waals surface area contributed by atoms with E-state index in [0.717, 1.165) is 12.0 Å². The molecule has 0 amide bonds. The predicted molar refractivity (Wildman–Crippen MR) is 112 cm³/mol. The second kappa shape index (κ2) is 7.37. The van der Waals surface area contributed by atoms with Gasteiger partial charge < -0.3 is 5.11 Å². The molecule has 134 valence electrons. The lowest BCUT2D eigenvalue weighted by molar-refractivity contribution is 0.101. The van der Waals surface area contributed by atoms with E-state index < -0.39 is 0 Å². The number of rotatable bonds is 5. The number of carbonyl (C=O) groups is 1. The number of hydrogen-bond acceptors (Lipinski definition) is 3. The van der Waals surface area contributed by atoms with Gasteiger partial charge in [-0.2, -0.15) is 0 Å². The van der Waals surface area contributed by atoms with Crippen molar-refractivity contribution in [2.45, 2.75) is 19.8 Å². The first-order valence-corrected chi connectivity index (χ1v) is 9.80. The third-order valence-electron chi connectivity index (χ3n) is 4.86. The van der Waals surface area contributed by atoms with E-state index >= 15 is 0 Å². The van der Waals surface area contributed by atoms with Gasteiger partial charge in [0.1, 0.15) is 5.75 Å². The maximum atomic E-state index is 11.8. The molecule has 2 nitrogen and oxygen atoms in total. The number of Topliss-reactive ketones (excluding diaryl/α,β-unsaturated/α-hetero) is 1. The summed E-state index contributed by atoms with van der Waals surface area (Å²) >= 11 is 1.81. The van der Waals surface area contributed by atoms with Crippen LogP contribution >= 0.6 is 11.3 Å². The zero-order valence-corrected chi connectivity index (χ0v) is 15.9. The maximum Gasteiger partial charge on any atom is 0.163 e. The van der Waals surface area contributed by atoms with Crippen molar-refractivity contribution in [2.24, 2.45) is 0 Å². The van der Waals surface area contributed by atoms with Crippen LogP contribution in [0.15, 0.2) is 72.8 Å². The molecule has 4 aromatic rings. The Morgan fingerprint density at radius 2 is 1.63 bits per heavy atom. The van der Waals surface area contributed by atoms with Gasteiger partial charge in [0.15, 0.2) is 5.78 Å². The molecule has 0 atom stereocenters. The molecule has 3 aromatic carbocycles. The number of hydrogen-bond donors (Lipinski definition) is 1. The molecule has 0 aliphatic rings. The SMILES string of the molecule is CC(=O)c1cccc(Cc2c(Cc3ccccc3)sc3ccccc23)c1O. The van der Waals surface area contributed by atoms with E-state index in [9.17, 15) is 9.90 Å². The molecule has 0 saturated carbocycles. The molecule has 0 aliphatic heterocycles. The van der Waals surface area contributed by atoms with Gasteiger partial charge in [-0.05, 0) is 41.1 Å². The van der Waals surface area contributed by atoms with Crippen LogP contribution in [0.4, 0.5) is 0 Å². The molecule has 0 bridgehead atoms. The van der Waals surface area contributed by atoms with E-state index in [1.54, 1.807) is 17.4 Å². The van der Waals surface area contributed by atoms with Gasteiger partial charge in [-0.3, -0.25) is 4.79 Å². The fourth-order valence-corrected chi connectivity index (χ4v) is 4.73. The van der Waals surface area contributed by atoms with Crippen LogP contribution in [0.1, 0.15) is 38.8 Å².